The highest BCUT2D eigenvalue weighted by atomic mass is 16.5. The Hall–Kier alpha value is -0.410. The summed E-state index contributed by atoms with van der Waals surface area (Å²) >= 11 is 0. The second kappa shape index (κ2) is 7.25. The second-order valence-corrected chi connectivity index (χ2v) is 7.17. The molecule has 0 saturated carbocycles. The largest absolute Gasteiger partial charge is 0.368 e. The van der Waals surface area contributed by atoms with E-state index in [1.165, 1.54) is 0 Å². The van der Waals surface area contributed by atoms with Crippen LogP contribution in [0.4, 0.5) is 0 Å². The lowest BCUT2D eigenvalue weighted by Gasteiger charge is -2.26. The van der Waals surface area contributed by atoms with Crippen molar-refractivity contribution in [3.05, 3.63) is 0 Å². The van der Waals surface area contributed by atoms with E-state index in [0.29, 0.717) is 30.5 Å². The Balaban J connectivity index is 3.73. The SMILES string of the molecule is CC(C)(C)CCCC(=O)CCCC(C)(C)C(O)O. The van der Waals surface area contributed by atoms with E-state index in [0.717, 1.165) is 19.3 Å². The van der Waals surface area contributed by atoms with Crippen LogP contribution in [-0.4, -0.2) is 22.3 Å². The van der Waals surface area contributed by atoms with Gasteiger partial charge in [-0.15, -0.1) is 0 Å². The normalized spacial score (nSPS) is 13.1. The predicted octanol–water partition coefficient (Wildman–Crippen LogP) is 3.28. The minimum Gasteiger partial charge on any atom is -0.368 e. The van der Waals surface area contributed by atoms with Crippen LogP contribution < -0.4 is 0 Å². The van der Waals surface area contributed by atoms with Gasteiger partial charge in [0.1, 0.15) is 5.78 Å². The highest BCUT2D eigenvalue weighted by Crippen LogP contribution is 2.27. The predicted molar refractivity (Wildman–Crippen MR) is 74.2 cm³/mol. The van der Waals surface area contributed by atoms with Gasteiger partial charge in [0.25, 0.3) is 0 Å². The molecule has 108 valence electrons. The molecule has 0 atom stereocenters. The Kier molecular flexibility index (Phi) is 7.08. The summed E-state index contributed by atoms with van der Waals surface area (Å²) in [5.74, 6) is 0.294. The zero-order valence-corrected chi connectivity index (χ0v) is 12.6. The molecule has 0 fully saturated rings. The van der Waals surface area contributed by atoms with Gasteiger partial charge in [0.15, 0.2) is 6.29 Å². The van der Waals surface area contributed by atoms with Crippen molar-refractivity contribution >= 4 is 5.78 Å². The van der Waals surface area contributed by atoms with Crippen molar-refractivity contribution in [2.75, 3.05) is 0 Å². The lowest BCUT2D eigenvalue weighted by molar-refractivity contribution is -0.127. The number of hydrogen-bond donors (Lipinski definition) is 2. The average Bonchev–Trinajstić information content (AvgIpc) is 2.14. The van der Waals surface area contributed by atoms with Crippen molar-refractivity contribution in [1.82, 2.24) is 0 Å². The van der Waals surface area contributed by atoms with E-state index in [9.17, 15) is 4.79 Å². The molecule has 0 spiro atoms. The lowest BCUT2D eigenvalue weighted by atomic mass is 9.85. The minimum atomic E-state index is -1.31. The summed E-state index contributed by atoms with van der Waals surface area (Å²) in [6.07, 6.45) is 3.32. The summed E-state index contributed by atoms with van der Waals surface area (Å²) in [6.45, 7) is 10.2. The summed E-state index contributed by atoms with van der Waals surface area (Å²) in [7, 11) is 0. The molecular weight excluding hydrogens is 228 g/mol. The van der Waals surface area contributed by atoms with Crippen molar-refractivity contribution < 1.29 is 15.0 Å². The quantitative estimate of drug-likeness (QED) is 0.657. The zero-order valence-electron chi connectivity index (χ0n) is 12.6. The number of hydrogen-bond acceptors (Lipinski definition) is 3. The van der Waals surface area contributed by atoms with Gasteiger partial charge in [-0.25, -0.2) is 0 Å². The Bertz CT molecular complexity index is 249. The fourth-order valence-corrected chi connectivity index (χ4v) is 1.81. The van der Waals surface area contributed by atoms with Crippen molar-refractivity contribution in [1.29, 1.82) is 0 Å². The Morgan fingerprint density at radius 3 is 1.78 bits per heavy atom. The first-order valence-electron chi connectivity index (χ1n) is 6.92. The topological polar surface area (TPSA) is 57.5 Å². The van der Waals surface area contributed by atoms with E-state index in [1.54, 1.807) is 0 Å². The maximum Gasteiger partial charge on any atom is 0.156 e. The van der Waals surface area contributed by atoms with E-state index in [-0.39, 0.29) is 0 Å². The van der Waals surface area contributed by atoms with Crippen LogP contribution in [0.5, 0.6) is 0 Å². The average molecular weight is 258 g/mol. The number of carbonyl (C=O) groups excluding carboxylic acids is 1. The summed E-state index contributed by atoms with van der Waals surface area (Å²) in [5, 5.41) is 18.3. The minimum absolute atomic E-state index is 0.294. The van der Waals surface area contributed by atoms with Crippen LogP contribution in [-0.2, 0) is 4.79 Å². The monoisotopic (exact) mass is 258 g/mol. The molecule has 0 aliphatic carbocycles. The van der Waals surface area contributed by atoms with Gasteiger partial charge in [-0.2, -0.15) is 0 Å². The Morgan fingerprint density at radius 2 is 1.39 bits per heavy atom. The summed E-state index contributed by atoms with van der Waals surface area (Å²) in [4.78, 5) is 11.7. The van der Waals surface area contributed by atoms with Gasteiger partial charge >= 0.3 is 0 Å². The van der Waals surface area contributed by atoms with Crippen LogP contribution in [0.15, 0.2) is 0 Å². The molecule has 0 aromatic carbocycles. The van der Waals surface area contributed by atoms with Crippen molar-refractivity contribution in [2.24, 2.45) is 10.8 Å². The fraction of sp³-hybridized carbons (Fsp3) is 0.933. The first-order chi connectivity index (χ1) is 8.04. The van der Waals surface area contributed by atoms with Crippen LogP contribution in [0.2, 0.25) is 0 Å². The van der Waals surface area contributed by atoms with Gasteiger partial charge in [0.05, 0.1) is 0 Å². The van der Waals surface area contributed by atoms with Gasteiger partial charge < -0.3 is 10.2 Å². The molecule has 0 heterocycles. The van der Waals surface area contributed by atoms with E-state index >= 15 is 0 Å². The third-order valence-corrected chi connectivity index (χ3v) is 3.36. The smallest absolute Gasteiger partial charge is 0.156 e. The van der Waals surface area contributed by atoms with Crippen LogP contribution in [0.1, 0.15) is 73.1 Å². The van der Waals surface area contributed by atoms with Crippen LogP contribution >= 0.6 is 0 Å². The van der Waals surface area contributed by atoms with E-state index < -0.39 is 11.7 Å². The molecule has 0 rings (SSSR count). The van der Waals surface area contributed by atoms with Crippen molar-refractivity contribution in [3.8, 4) is 0 Å². The highest BCUT2D eigenvalue weighted by Gasteiger charge is 2.25. The van der Waals surface area contributed by atoms with Gasteiger partial charge in [-0.3, -0.25) is 4.79 Å². The third-order valence-electron chi connectivity index (χ3n) is 3.36. The molecule has 3 heteroatoms. The molecule has 0 amide bonds. The van der Waals surface area contributed by atoms with E-state index in [4.69, 9.17) is 10.2 Å². The molecule has 0 aliphatic heterocycles. The van der Waals surface area contributed by atoms with Gasteiger partial charge in [0.2, 0.25) is 0 Å². The number of ketones is 1. The zero-order chi connectivity index (χ0) is 14.4. The summed E-state index contributed by atoms with van der Waals surface area (Å²) < 4.78 is 0. The third kappa shape index (κ3) is 8.65. The first-order valence-corrected chi connectivity index (χ1v) is 6.92. The molecule has 3 nitrogen and oxygen atoms in total. The summed E-state index contributed by atoms with van der Waals surface area (Å²) in [6, 6.07) is 0. The molecule has 0 radical (unpaired) electrons. The molecule has 0 aromatic heterocycles. The number of aliphatic hydroxyl groups excluding tert-OH is 1. The van der Waals surface area contributed by atoms with Gasteiger partial charge in [-0.05, 0) is 31.1 Å². The summed E-state index contributed by atoms with van der Waals surface area (Å²) in [5.41, 5.74) is -0.227. The maximum atomic E-state index is 11.7. The number of Topliss-reactive ketones (excluding diaryl/α,β-unsaturated/α-hetero) is 1. The molecule has 0 aliphatic rings. The second-order valence-electron chi connectivity index (χ2n) is 7.17. The Morgan fingerprint density at radius 1 is 0.944 bits per heavy atom. The molecule has 2 N–H and O–H groups in total. The fourth-order valence-electron chi connectivity index (χ4n) is 1.81. The molecule has 0 aromatic rings. The van der Waals surface area contributed by atoms with E-state index in [2.05, 4.69) is 20.8 Å². The Labute approximate surface area is 112 Å². The number of carbonyl (C=O) groups is 1. The standard InChI is InChI=1S/C15H30O3/c1-14(2,3)10-6-8-12(16)9-7-11-15(4,5)13(17)18/h13,17-18H,6-11H2,1-5H3. The van der Waals surface area contributed by atoms with Crippen molar-refractivity contribution in [2.45, 2.75) is 79.4 Å². The lowest BCUT2D eigenvalue weighted by Crippen LogP contribution is -2.28. The van der Waals surface area contributed by atoms with Gasteiger partial charge in [0, 0.05) is 18.3 Å². The van der Waals surface area contributed by atoms with Crippen LogP contribution in [0, 0.1) is 10.8 Å². The van der Waals surface area contributed by atoms with E-state index in [1.807, 2.05) is 13.8 Å². The van der Waals surface area contributed by atoms with Crippen molar-refractivity contribution in [3.63, 3.8) is 0 Å². The van der Waals surface area contributed by atoms with Crippen LogP contribution in [0.3, 0.4) is 0 Å². The molecule has 0 saturated heterocycles. The molecular formula is C15H30O3. The first kappa shape index (κ1) is 17.6. The van der Waals surface area contributed by atoms with Gasteiger partial charge in [-0.1, -0.05) is 34.6 Å². The molecule has 18 heavy (non-hydrogen) atoms. The molecule has 0 unspecified atom stereocenters. The number of aliphatic hydroxyl groups is 2. The molecule has 0 bridgehead atoms. The maximum absolute atomic E-state index is 11.7. The highest BCUT2D eigenvalue weighted by molar-refractivity contribution is 5.78. The van der Waals surface area contributed by atoms with Crippen LogP contribution in [0.25, 0.3) is 0 Å². The number of rotatable bonds is 8.